The molecule has 0 aliphatic heterocycles. The highest BCUT2D eigenvalue weighted by Crippen LogP contribution is 2.30. The lowest BCUT2D eigenvalue weighted by Crippen LogP contribution is -2.59. The van der Waals surface area contributed by atoms with Crippen LogP contribution < -0.4 is 11.1 Å². The predicted molar refractivity (Wildman–Crippen MR) is 80.4 cm³/mol. The lowest BCUT2D eigenvalue weighted by atomic mass is 9.77. The number of nitrogens with one attached hydrogen (secondary N) is 1. The van der Waals surface area contributed by atoms with Gasteiger partial charge in [0.2, 0.25) is 5.91 Å². The molecule has 0 bridgehead atoms. The average Bonchev–Trinajstić information content (AvgIpc) is 2.89. The van der Waals surface area contributed by atoms with Crippen LogP contribution in [0.3, 0.4) is 0 Å². The van der Waals surface area contributed by atoms with Crippen LogP contribution in [0, 0.1) is 0 Å². The molecule has 0 radical (unpaired) electrons. The Morgan fingerprint density at radius 1 is 1.38 bits per heavy atom. The van der Waals surface area contributed by atoms with Crippen molar-refractivity contribution in [3.8, 4) is 0 Å². The smallest absolute Gasteiger partial charge is 0.240 e. The summed E-state index contributed by atoms with van der Waals surface area (Å²) < 4.78 is 1.92. The van der Waals surface area contributed by atoms with E-state index in [9.17, 15) is 4.79 Å². The second-order valence-electron chi connectivity index (χ2n) is 5.72. The number of rotatable bonds is 4. The Morgan fingerprint density at radius 3 is 2.62 bits per heavy atom. The van der Waals surface area contributed by atoms with Gasteiger partial charge in [0.15, 0.2) is 0 Å². The van der Waals surface area contributed by atoms with Crippen LogP contribution in [0.25, 0.3) is 0 Å². The van der Waals surface area contributed by atoms with Gasteiger partial charge in [-0.15, -0.1) is 0 Å². The van der Waals surface area contributed by atoms with Crippen molar-refractivity contribution in [2.75, 3.05) is 0 Å². The van der Waals surface area contributed by atoms with Crippen LogP contribution in [0.4, 0.5) is 0 Å². The summed E-state index contributed by atoms with van der Waals surface area (Å²) in [7, 11) is 1.92. The maximum Gasteiger partial charge on any atom is 0.240 e. The van der Waals surface area contributed by atoms with E-state index in [1.807, 2.05) is 48.1 Å². The van der Waals surface area contributed by atoms with Crippen LogP contribution in [-0.2, 0) is 11.8 Å². The van der Waals surface area contributed by atoms with Crippen LogP contribution in [0.1, 0.15) is 36.7 Å². The minimum absolute atomic E-state index is 0.0920. The molecule has 1 atom stereocenters. The van der Waals surface area contributed by atoms with Gasteiger partial charge in [0.1, 0.15) is 11.9 Å². The number of imidazole rings is 1. The standard InChI is InChI=1S/C16H20N4O/c1-20-11-10-18-14(20)13(12-6-3-2-4-7-12)19-15(21)16(17)8-5-9-16/h2-4,6-7,10-11,13H,5,8-9,17H2,1H3,(H,19,21). The van der Waals surface area contributed by atoms with Gasteiger partial charge in [0, 0.05) is 19.4 Å². The molecule has 1 aromatic heterocycles. The molecule has 110 valence electrons. The fraction of sp³-hybridized carbons (Fsp3) is 0.375. The first-order valence-electron chi connectivity index (χ1n) is 7.22. The van der Waals surface area contributed by atoms with E-state index in [2.05, 4.69) is 10.3 Å². The number of carbonyl (C=O) groups is 1. The Labute approximate surface area is 124 Å². The number of amides is 1. The van der Waals surface area contributed by atoms with Crippen LogP contribution in [0.5, 0.6) is 0 Å². The molecule has 3 N–H and O–H groups in total. The second kappa shape index (κ2) is 5.33. The van der Waals surface area contributed by atoms with E-state index in [1.165, 1.54) is 0 Å². The van der Waals surface area contributed by atoms with Gasteiger partial charge in [0.05, 0.1) is 5.54 Å². The fourth-order valence-electron chi connectivity index (χ4n) is 2.66. The molecule has 1 aromatic carbocycles. The van der Waals surface area contributed by atoms with Gasteiger partial charge in [-0.3, -0.25) is 4.79 Å². The number of carbonyl (C=O) groups excluding carboxylic acids is 1. The third-order valence-electron chi connectivity index (χ3n) is 4.22. The van der Waals surface area contributed by atoms with Gasteiger partial charge in [0.25, 0.3) is 0 Å². The molecule has 1 heterocycles. The summed E-state index contributed by atoms with van der Waals surface area (Å²) in [6.07, 6.45) is 6.13. The summed E-state index contributed by atoms with van der Waals surface area (Å²) in [5, 5.41) is 3.07. The number of hydrogen-bond donors (Lipinski definition) is 2. The molecule has 1 fully saturated rings. The Bertz CT molecular complexity index is 631. The van der Waals surface area contributed by atoms with Gasteiger partial charge in [-0.05, 0) is 24.8 Å². The van der Waals surface area contributed by atoms with Gasteiger partial charge in [-0.2, -0.15) is 0 Å². The molecule has 5 nitrogen and oxygen atoms in total. The van der Waals surface area contributed by atoms with Crippen molar-refractivity contribution in [2.24, 2.45) is 12.8 Å². The van der Waals surface area contributed by atoms with Crippen molar-refractivity contribution in [1.82, 2.24) is 14.9 Å². The van der Waals surface area contributed by atoms with Gasteiger partial charge in [-0.25, -0.2) is 4.98 Å². The van der Waals surface area contributed by atoms with Crippen LogP contribution in [0.15, 0.2) is 42.7 Å². The third kappa shape index (κ3) is 2.56. The van der Waals surface area contributed by atoms with Crippen LogP contribution >= 0.6 is 0 Å². The highest BCUT2D eigenvalue weighted by molar-refractivity contribution is 5.87. The Hall–Kier alpha value is -2.14. The largest absolute Gasteiger partial charge is 0.340 e. The van der Waals surface area contributed by atoms with Gasteiger partial charge in [-0.1, -0.05) is 30.3 Å². The summed E-state index contributed by atoms with van der Waals surface area (Å²) in [6, 6.07) is 9.57. The number of nitrogens with two attached hydrogens (primary N) is 1. The van der Waals surface area contributed by atoms with E-state index in [-0.39, 0.29) is 11.9 Å². The van der Waals surface area contributed by atoms with Crippen molar-refractivity contribution in [3.63, 3.8) is 0 Å². The molecular weight excluding hydrogens is 264 g/mol. The second-order valence-corrected chi connectivity index (χ2v) is 5.72. The Morgan fingerprint density at radius 2 is 2.10 bits per heavy atom. The minimum atomic E-state index is -0.710. The van der Waals surface area contributed by atoms with Crippen molar-refractivity contribution >= 4 is 5.91 Å². The molecule has 2 aromatic rings. The summed E-state index contributed by atoms with van der Waals surface area (Å²) in [6.45, 7) is 0. The molecule has 0 saturated heterocycles. The molecule has 3 rings (SSSR count). The van der Waals surface area contributed by atoms with E-state index < -0.39 is 5.54 Å². The fourth-order valence-corrected chi connectivity index (χ4v) is 2.66. The number of hydrogen-bond acceptors (Lipinski definition) is 3. The monoisotopic (exact) mass is 284 g/mol. The first kappa shape index (κ1) is 13.8. The van der Waals surface area contributed by atoms with E-state index in [0.717, 1.165) is 30.7 Å². The van der Waals surface area contributed by atoms with Crippen molar-refractivity contribution in [3.05, 3.63) is 54.1 Å². The SMILES string of the molecule is Cn1ccnc1C(NC(=O)C1(N)CCC1)c1ccccc1. The molecule has 1 aliphatic carbocycles. The van der Waals surface area contributed by atoms with Crippen molar-refractivity contribution in [1.29, 1.82) is 0 Å². The Balaban J connectivity index is 1.90. The summed E-state index contributed by atoms with van der Waals surface area (Å²) in [5.74, 6) is 0.711. The average molecular weight is 284 g/mol. The maximum atomic E-state index is 12.5. The van der Waals surface area contributed by atoms with E-state index in [1.54, 1.807) is 6.20 Å². The predicted octanol–water partition coefficient (Wildman–Crippen LogP) is 1.51. The van der Waals surface area contributed by atoms with Crippen LogP contribution in [-0.4, -0.2) is 21.0 Å². The zero-order valence-corrected chi connectivity index (χ0v) is 12.1. The zero-order chi connectivity index (χ0) is 14.9. The summed E-state index contributed by atoms with van der Waals surface area (Å²) in [5.41, 5.74) is 6.42. The molecule has 5 heteroatoms. The molecular formula is C16H20N4O. The van der Waals surface area contributed by atoms with E-state index >= 15 is 0 Å². The lowest BCUT2D eigenvalue weighted by Gasteiger charge is -2.37. The highest BCUT2D eigenvalue weighted by Gasteiger charge is 2.41. The van der Waals surface area contributed by atoms with E-state index in [4.69, 9.17) is 5.73 Å². The van der Waals surface area contributed by atoms with Crippen molar-refractivity contribution < 1.29 is 4.79 Å². The minimum Gasteiger partial charge on any atom is -0.340 e. The van der Waals surface area contributed by atoms with Crippen LogP contribution in [0.2, 0.25) is 0 Å². The summed E-state index contributed by atoms with van der Waals surface area (Å²) >= 11 is 0. The topological polar surface area (TPSA) is 72.9 Å². The van der Waals surface area contributed by atoms with E-state index in [0.29, 0.717) is 0 Å². The first-order valence-corrected chi connectivity index (χ1v) is 7.22. The molecule has 1 unspecified atom stereocenters. The number of aryl methyl sites for hydroxylation is 1. The normalized spacial score (nSPS) is 17.8. The quantitative estimate of drug-likeness (QED) is 0.893. The van der Waals surface area contributed by atoms with Gasteiger partial charge < -0.3 is 15.6 Å². The summed E-state index contributed by atoms with van der Waals surface area (Å²) in [4.78, 5) is 16.8. The first-order chi connectivity index (χ1) is 10.1. The highest BCUT2D eigenvalue weighted by atomic mass is 16.2. The number of nitrogens with zero attached hydrogens (tertiary/aromatic N) is 2. The Kier molecular flexibility index (Phi) is 3.51. The third-order valence-corrected chi connectivity index (χ3v) is 4.22. The molecule has 1 saturated carbocycles. The number of benzene rings is 1. The maximum absolute atomic E-state index is 12.5. The molecule has 1 aliphatic rings. The van der Waals surface area contributed by atoms with Crippen molar-refractivity contribution in [2.45, 2.75) is 30.8 Å². The molecule has 21 heavy (non-hydrogen) atoms. The number of aromatic nitrogens is 2. The lowest BCUT2D eigenvalue weighted by molar-refractivity contribution is -0.129. The van der Waals surface area contributed by atoms with Gasteiger partial charge >= 0.3 is 0 Å². The zero-order valence-electron chi connectivity index (χ0n) is 12.1. The molecule has 0 spiro atoms. The molecule has 1 amide bonds.